The van der Waals surface area contributed by atoms with Gasteiger partial charge in [0.1, 0.15) is 16.9 Å². The van der Waals surface area contributed by atoms with Crippen molar-refractivity contribution in [1.29, 1.82) is 0 Å². The Bertz CT molecular complexity index is 687. The number of nitrogens with two attached hydrogens (primary N) is 1. The number of primary amides is 1. The van der Waals surface area contributed by atoms with Crippen LogP contribution in [0.2, 0.25) is 0 Å². The first-order valence-corrected chi connectivity index (χ1v) is 8.96. The first-order chi connectivity index (χ1) is 12.2. The topological polar surface area (TPSA) is 116 Å². The predicted molar refractivity (Wildman–Crippen MR) is 95.1 cm³/mol. The van der Waals surface area contributed by atoms with Gasteiger partial charge in [-0.05, 0) is 20.3 Å². The summed E-state index contributed by atoms with van der Waals surface area (Å²) < 4.78 is 10.4. The fraction of sp³-hybridized carbons (Fsp3) is 0.611. The van der Waals surface area contributed by atoms with Crippen LogP contribution in [-0.2, 0) is 9.53 Å². The van der Waals surface area contributed by atoms with Gasteiger partial charge in [0, 0.05) is 11.8 Å². The van der Waals surface area contributed by atoms with Crippen LogP contribution in [0.3, 0.4) is 0 Å². The molecule has 0 aliphatic carbocycles. The molecule has 0 spiro atoms. The van der Waals surface area contributed by atoms with E-state index in [9.17, 15) is 14.4 Å². The fourth-order valence-electron chi connectivity index (χ4n) is 3.78. The van der Waals surface area contributed by atoms with Crippen LogP contribution in [0.15, 0.2) is 4.42 Å². The lowest BCUT2D eigenvalue weighted by Gasteiger charge is -2.31. The normalized spacial score (nSPS) is 22.7. The highest BCUT2D eigenvalue weighted by molar-refractivity contribution is 6.10. The Morgan fingerprint density at radius 2 is 1.85 bits per heavy atom. The number of likely N-dealkylation sites (tertiary alicyclic amines) is 1. The van der Waals surface area contributed by atoms with Crippen LogP contribution in [0, 0.1) is 18.8 Å². The van der Waals surface area contributed by atoms with E-state index in [1.807, 2.05) is 0 Å². The lowest BCUT2D eigenvalue weighted by atomic mass is 9.92. The Hall–Kier alpha value is -2.35. The standard InChI is InChI=1S/C18H27N3O5/c1-5-25-18(24)14-12(4)26-17(15(14)16(19)23)20-13(22)9-21-7-10(2)6-11(3)8-21/h10-11H,5-9H2,1-4H3,(H2,19,23)(H,20,22)/p+1/t10-,11-/m1/s1. The number of carbonyl (C=O) groups excluding carboxylic acids is 3. The SMILES string of the molecule is CCOC(=O)c1c(C)oc(NC(=O)C[NH+]2C[C@H](C)C[C@@H](C)C2)c1C(N)=O. The number of hydrogen-bond acceptors (Lipinski definition) is 5. The molecule has 1 aliphatic rings. The zero-order valence-corrected chi connectivity index (χ0v) is 15.8. The van der Waals surface area contributed by atoms with Gasteiger partial charge in [-0.3, -0.25) is 14.9 Å². The van der Waals surface area contributed by atoms with Crippen molar-refractivity contribution in [3.05, 3.63) is 16.9 Å². The number of quaternary nitrogens is 1. The van der Waals surface area contributed by atoms with Crippen molar-refractivity contribution in [1.82, 2.24) is 0 Å². The number of anilines is 1. The number of nitrogens with one attached hydrogen (secondary N) is 2. The van der Waals surface area contributed by atoms with Crippen LogP contribution >= 0.6 is 0 Å². The smallest absolute Gasteiger partial charge is 0.342 e. The van der Waals surface area contributed by atoms with E-state index < -0.39 is 11.9 Å². The van der Waals surface area contributed by atoms with Crippen LogP contribution in [0.5, 0.6) is 0 Å². The van der Waals surface area contributed by atoms with Crippen molar-refractivity contribution < 1.29 is 28.4 Å². The van der Waals surface area contributed by atoms with Crippen molar-refractivity contribution in [2.24, 2.45) is 17.6 Å². The molecule has 0 saturated carbocycles. The van der Waals surface area contributed by atoms with Gasteiger partial charge in [0.25, 0.3) is 11.8 Å². The summed E-state index contributed by atoms with van der Waals surface area (Å²) in [7, 11) is 0. The lowest BCUT2D eigenvalue weighted by molar-refractivity contribution is -0.904. The zero-order chi connectivity index (χ0) is 19.4. The second kappa shape index (κ2) is 8.35. The highest BCUT2D eigenvalue weighted by Crippen LogP contribution is 2.27. The quantitative estimate of drug-likeness (QED) is 0.629. The number of esters is 1. The third-order valence-electron chi connectivity index (χ3n) is 4.55. The molecule has 26 heavy (non-hydrogen) atoms. The van der Waals surface area contributed by atoms with Crippen LogP contribution in [0.4, 0.5) is 5.88 Å². The molecule has 2 atom stereocenters. The van der Waals surface area contributed by atoms with Gasteiger partial charge >= 0.3 is 5.97 Å². The number of aryl methyl sites for hydroxylation is 1. The van der Waals surface area contributed by atoms with E-state index in [2.05, 4.69) is 19.2 Å². The fourth-order valence-corrected chi connectivity index (χ4v) is 3.78. The van der Waals surface area contributed by atoms with E-state index in [4.69, 9.17) is 14.9 Å². The molecule has 1 aliphatic heterocycles. The summed E-state index contributed by atoms with van der Waals surface area (Å²) >= 11 is 0. The number of rotatable bonds is 6. The van der Waals surface area contributed by atoms with Crippen molar-refractivity contribution >= 4 is 23.7 Å². The molecule has 2 amide bonds. The number of piperidine rings is 1. The van der Waals surface area contributed by atoms with Gasteiger partial charge in [0.2, 0.25) is 5.88 Å². The molecular weight excluding hydrogens is 338 g/mol. The molecule has 0 radical (unpaired) electrons. The Morgan fingerprint density at radius 3 is 2.38 bits per heavy atom. The summed E-state index contributed by atoms with van der Waals surface area (Å²) in [6, 6.07) is 0. The molecule has 2 rings (SSSR count). The Kier molecular flexibility index (Phi) is 6.42. The maximum Gasteiger partial charge on any atom is 0.342 e. The van der Waals surface area contributed by atoms with Crippen LogP contribution in [0.1, 0.15) is 53.7 Å². The van der Waals surface area contributed by atoms with E-state index in [0.717, 1.165) is 19.5 Å². The zero-order valence-electron chi connectivity index (χ0n) is 15.8. The van der Waals surface area contributed by atoms with Crippen molar-refractivity contribution in [2.75, 3.05) is 31.6 Å². The first-order valence-electron chi connectivity index (χ1n) is 8.96. The molecule has 0 aromatic carbocycles. The van der Waals surface area contributed by atoms with Crippen LogP contribution < -0.4 is 16.0 Å². The first kappa shape index (κ1) is 20.0. The number of furan rings is 1. The number of hydrogen-bond donors (Lipinski definition) is 3. The minimum absolute atomic E-state index is 0.0396. The van der Waals surface area contributed by atoms with Gasteiger partial charge in [-0.2, -0.15) is 0 Å². The van der Waals surface area contributed by atoms with Crippen LogP contribution in [-0.4, -0.2) is 44.0 Å². The van der Waals surface area contributed by atoms with E-state index in [1.54, 1.807) is 6.92 Å². The minimum atomic E-state index is -0.854. The monoisotopic (exact) mass is 366 g/mol. The molecule has 1 aromatic rings. The molecule has 0 bridgehead atoms. The molecule has 1 aromatic heterocycles. The summed E-state index contributed by atoms with van der Waals surface area (Å²) in [5, 5.41) is 2.59. The van der Waals surface area contributed by atoms with Crippen molar-refractivity contribution in [2.45, 2.75) is 34.1 Å². The lowest BCUT2D eigenvalue weighted by Crippen LogP contribution is -3.15. The Morgan fingerprint density at radius 1 is 1.23 bits per heavy atom. The Balaban J connectivity index is 2.15. The third-order valence-corrected chi connectivity index (χ3v) is 4.55. The average Bonchev–Trinajstić information content (AvgIpc) is 2.82. The maximum absolute atomic E-state index is 12.4. The summed E-state index contributed by atoms with van der Waals surface area (Å²) in [4.78, 5) is 37.5. The van der Waals surface area contributed by atoms with Gasteiger partial charge in [0.05, 0.1) is 19.7 Å². The van der Waals surface area contributed by atoms with Gasteiger partial charge in [-0.15, -0.1) is 0 Å². The second-order valence-corrected chi connectivity index (χ2v) is 7.15. The van der Waals surface area contributed by atoms with Crippen molar-refractivity contribution in [3.63, 3.8) is 0 Å². The molecule has 8 nitrogen and oxygen atoms in total. The summed E-state index contributed by atoms with van der Waals surface area (Å²) in [5.74, 6) is -0.637. The predicted octanol–water partition coefficient (Wildman–Crippen LogP) is 0.363. The van der Waals surface area contributed by atoms with E-state index in [1.165, 1.54) is 11.8 Å². The second-order valence-electron chi connectivity index (χ2n) is 7.15. The van der Waals surface area contributed by atoms with Crippen LogP contribution in [0.25, 0.3) is 0 Å². The van der Waals surface area contributed by atoms with Gasteiger partial charge in [-0.25, -0.2) is 4.79 Å². The number of carbonyl (C=O) groups is 3. The van der Waals surface area contributed by atoms with E-state index in [0.29, 0.717) is 11.8 Å². The van der Waals surface area contributed by atoms with Gasteiger partial charge < -0.3 is 19.8 Å². The molecule has 4 N–H and O–H groups in total. The largest absolute Gasteiger partial charge is 0.462 e. The Labute approximate surface area is 153 Å². The summed E-state index contributed by atoms with van der Waals surface area (Å²) in [5.41, 5.74) is 5.21. The third kappa shape index (κ3) is 4.63. The summed E-state index contributed by atoms with van der Waals surface area (Å²) in [6.07, 6.45) is 1.16. The van der Waals surface area contributed by atoms with Gasteiger partial charge in [0.15, 0.2) is 6.54 Å². The molecule has 8 heteroatoms. The molecule has 0 unspecified atom stereocenters. The maximum atomic E-state index is 12.4. The molecule has 2 heterocycles. The number of ether oxygens (including phenoxy) is 1. The number of amides is 2. The highest BCUT2D eigenvalue weighted by Gasteiger charge is 2.31. The van der Waals surface area contributed by atoms with E-state index in [-0.39, 0.29) is 41.8 Å². The van der Waals surface area contributed by atoms with E-state index >= 15 is 0 Å². The molecule has 1 saturated heterocycles. The minimum Gasteiger partial charge on any atom is -0.462 e. The van der Waals surface area contributed by atoms with Crippen molar-refractivity contribution in [3.8, 4) is 0 Å². The summed E-state index contributed by atoms with van der Waals surface area (Å²) in [6.45, 7) is 9.80. The van der Waals surface area contributed by atoms with Gasteiger partial charge in [-0.1, -0.05) is 13.8 Å². The highest BCUT2D eigenvalue weighted by atomic mass is 16.5. The molecular formula is C18H28N3O5+. The molecule has 1 fully saturated rings. The average molecular weight is 366 g/mol. The molecule has 144 valence electrons.